The van der Waals surface area contributed by atoms with Gasteiger partial charge in [-0.15, -0.1) is 0 Å². The summed E-state index contributed by atoms with van der Waals surface area (Å²) in [5, 5.41) is 0. The van der Waals surface area contributed by atoms with Gasteiger partial charge in [0.25, 0.3) is 0 Å². The zero-order chi connectivity index (χ0) is 33.6. The Labute approximate surface area is 293 Å². The second-order valence-electron chi connectivity index (χ2n) is 18.5. The quantitative estimate of drug-likeness (QED) is 0.175. The number of allylic oxidation sites excluding steroid dienone is 1. The van der Waals surface area contributed by atoms with Crippen molar-refractivity contribution >= 4 is 5.97 Å². The van der Waals surface area contributed by atoms with Gasteiger partial charge in [0.1, 0.15) is 12.0 Å². The summed E-state index contributed by atoms with van der Waals surface area (Å²) >= 11 is 0. The second-order valence-corrected chi connectivity index (χ2v) is 18.5. The molecule has 2 aliphatic heterocycles. The molecule has 0 amide bonds. The highest BCUT2D eigenvalue weighted by molar-refractivity contribution is 5.78. The second kappa shape index (κ2) is 14.2. The van der Waals surface area contributed by atoms with Gasteiger partial charge in [-0.1, -0.05) is 95.9 Å². The van der Waals surface area contributed by atoms with Crippen LogP contribution in [0, 0.1) is 46.3 Å². The van der Waals surface area contributed by atoms with Crippen LogP contribution in [-0.4, -0.2) is 48.8 Å². The Bertz CT molecular complexity index is 1280. The van der Waals surface area contributed by atoms with Gasteiger partial charge in [0.2, 0.25) is 0 Å². The molecule has 4 aliphatic carbocycles. The Morgan fingerprint density at radius 1 is 0.896 bits per heavy atom. The Kier molecular flexibility index (Phi) is 10.3. The van der Waals surface area contributed by atoms with Gasteiger partial charge < -0.3 is 14.4 Å². The normalized spacial score (nSPS) is 40.4. The monoisotopic (exact) mass is 658 g/mol. The van der Waals surface area contributed by atoms with Crippen molar-refractivity contribution in [1.29, 1.82) is 0 Å². The van der Waals surface area contributed by atoms with E-state index in [0.29, 0.717) is 29.5 Å². The largest absolute Gasteiger partial charge is 0.462 e. The van der Waals surface area contributed by atoms with E-state index >= 15 is 0 Å². The molecule has 2 bridgehead atoms. The molecule has 0 aromatic heterocycles. The average molecular weight is 658 g/mol. The van der Waals surface area contributed by atoms with Crippen LogP contribution < -0.4 is 0 Å². The first kappa shape index (κ1) is 34.8. The highest BCUT2D eigenvalue weighted by Crippen LogP contribution is 2.67. The Balaban J connectivity index is 0.980. The Morgan fingerprint density at radius 3 is 2.38 bits per heavy atom. The summed E-state index contributed by atoms with van der Waals surface area (Å²) in [6, 6.07) is 11.4. The lowest BCUT2D eigenvalue weighted by Gasteiger charge is -2.58. The van der Waals surface area contributed by atoms with Gasteiger partial charge in [0.05, 0.1) is 12.7 Å². The number of esters is 1. The molecule has 1 unspecified atom stereocenters. The number of carbonyl (C=O) groups excluding carboxylic acids is 1. The molecule has 3 saturated carbocycles. The topological polar surface area (TPSA) is 38.8 Å². The molecule has 2 saturated heterocycles. The predicted octanol–water partition coefficient (Wildman–Crippen LogP) is 10.4. The number of benzene rings is 1. The maximum Gasteiger partial charge on any atom is 0.316 e. The smallest absolute Gasteiger partial charge is 0.316 e. The third-order valence-electron chi connectivity index (χ3n) is 15.6. The van der Waals surface area contributed by atoms with Crippen LogP contribution in [0.5, 0.6) is 0 Å². The van der Waals surface area contributed by atoms with Crippen molar-refractivity contribution in [2.45, 2.75) is 161 Å². The van der Waals surface area contributed by atoms with E-state index in [1.54, 1.807) is 5.57 Å². The molecule has 0 radical (unpaired) electrons. The minimum absolute atomic E-state index is 0.0359. The maximum absolute atomic E-state index is 13.8. The van der Waals surface area contributed by atoms with E-state index in [-0.39, 0.29) is 24.1 Å². The molecule has 6 aliphatic rings. The van der Waals surface area contributed by atoms with E-state index in [1.807, 2.05) is 18.2 Å². The lowest BCUT2D eigenvalue weighted by atomic mass is 9.47. The zero-order valence-electron chi connectivity index (χ0n) is 31.3. The summed E-state index contributed by atoms with van der Waals surface area (Å²) in [5.41, 5.74) is 3.54. The molecule has 2 heterocycles. The Morgan fingerprint density at radius 2 is 1.65 bits per heavy atom. The van der Waals surface area contributed by atoms with Crippen LogP contribution in [0.4, 0.5) is 0 Å². The van der Waals surface area contributed by atoms with Gasteiger partial charge in [-0.25, -0.2) is 0 Å². The van der Waals surface area contributed by atoms with Gasteiger partial charge in [-0.05, 0) is 136 Å². The number of rotatable bonds is 11. The van der Waals surface area contributed by atoms with Crippen molar-refractivity contribution in [3.05, 3.63) is 47.5 Å². The molecule has 4 heteroatoms. The van der Waals surface area contributed by atoms with Crippen molar-refractivity contribution in [2.75, 3.05) is 13.7 Å². The number of hydrogen-bond acceptors (Lipinski definition) is 4. The molecular formula is C44H67NO3. The number of hydrogen-bond donors (Lipinski definition) is 0. The van der Waals surface area contributed by atoms with Crippen LogP contribution in [0.3, 0.4) is 0 Å². The van der Waals surface area contributed by atoms with Crippen molar-refractivity contribution in [1.82, 2.24) is 4.90 Å². The van der Waals surface area contributed by atoms with Crippen molar-refractivity contribution in [3.63, 3.8) is 0 Å². The van der Waals surface area contributed by atoms with Crippen molar-refractivity contribution in [2.24, 2.45) is 46.3 Å². The molecule has 5 fully saturated rings. The number of ether oxygens (including phenoxy) is 2. The summed E-state index contributed by atoms with van der Waals surface area (Å²) < 4.78 is 13.0. The Hall–Kier alpha value is -1.65. The first-order valence-electron chi connectivity index (χ1n) is 20.3. The van der Waals surface area contributed by atoms with Crippen LogP contribution >= 0.6 is 0 Å². The fraction of sp³-hybridized carbons (Fsp3) is 0.795. The molecular weight excluding hydrogens is 590 g/mol. The lowest BCUT2D eigenvalue weighted by Crippen LogP contribution is -2.51. The van der Waals surface area contributed by atoms with Crippen LogP contribution in [0.1, 0.15) is 142 Å². The van der Waals surface area contributed by atoms with E-state index in [2.05, 4.69) is 64.8 Å². The third-order valence-corrected chi connectivity index (χ3v) is 15.6. The predicted molar refractivity (Wildman–Crippen MR) is 196 cm³/mol. The number of carbonyl (C=O) groups is 1. The van der Waals surface area contributed by atoms with Crippen LogP contribution in [-0.2, 0) is 14.3 Å². The number of fused-ring (bicyclic) bond motifs is 7. The van der Waals surface area contributed by atoms with Gasteiger partial charge >= 0.3 is 5.97 Å². The fourth-order valence-electron chi connectivity index (χ4n) is 12.7. The molecule has 1 aromatic rings. The molecule has 12 atom stereocenters. The highest BCUT2D eigenvalue weighted by Gasteiger charge is 2.59. The number of piperidine rings is 1. The highest BCUT2D eigenvalue weighted by atomic mass is 16.5. The van der Waals surface area contributed by atoms with Crippen LogP contribution in [0.25, 0.3) is 0 Å². The summed E-state index contributed by atoms with van der Waals surface area (Å²) in [6.45, 7) is 13.1. The zero-order valence-corrected chi connectivity index (χ0v) is 31.3. The molecule has 1 aromatic carbocycles. The third kappa shape index (κ3) is 6.60. The first-order valence-corrected chi connectivity index (χ1v) is 20.3. The molecule has 0 N–H and O–H groups in total. The minimum atomic E-state index is -0.361. The maximum atomic E-state index is 13.8. The molecule has 48 heavy (non-hydrogen) atoms. The van der Waals surface area contributed by atoms with Crippen LogP contribution in [0.2, 0.25) is 0 Å². The van der Waals surface area contributed by atoms with E-state index in [9.17, 15) is 4.79 Å². The fourth-order valence-corrected chi connectivity index (χ4v) is 12.7. The van der Waals surface area contributed by atoms with Gasteiger partial charge in [-0.2, -0.15) is 0 Å². The summed E-state index contributed by atoms with van der Waals surface area (Å²) in [7, 11) is 2.24. The first-order chi connectivity index (χ1) is 23.1. The molecule has 4 nitrogen and oxygen atoms in total. The standard InChI is InChI=1S/C44H67NO3/c1-29(2)11-10-12-30(3)39-19-20-40-37-18-15-32-25-35(21-23-43(32,4)41(37)22-24-44(39,40)5)47-28-38(31-13-8-7-9-14-31)42(46)48-36-26-33-16-17-34(27-36)45(33)6/h7-9,13-15,29-30,33-41H,10-12,16-28H2,1-6H3/t30-,33-,34+,35+,36+,37+,38?,39-,40+,41+,43+,44-/m1/s1. The van der Waals surface area contributed by atoms with Gasteiger partial charge in [-0.3, -0.25) is 4.79 Å². The van der Waals surface area contributed by atoms with E-state index in [1.165, 1.54) is 70.6 Å². The van der Waals surface area contributed by atoms with Gasteiger partial charge in [0.15, 0.2) is 0 Å². The molecule has 0 spiro atoms. The minimum Gasteiger partial charge on any atom is -0.462 e. The van der Waals surface area contributed by atoms with E-state index in [0.717, 1.165) is 66.8 Å². The van der Waals surface area contributed by atoms with Crippen molar-refractivity contribution < 1.29 is 14.3 Å². The summed E-state index contributed by atoms with van der Waals surface area (Å²) in [4.78, 5) is 16.3. The van der Waals surface area contributed by atoms with Gasteiger partial charge in [0, 0.05) is 12.1 Å². The molecule has 266 valence electrons. The van der Waals surface area contributed by atoms with Crippen LogP contribution in [0.15, 0.2) is 42.0 Å². The lowest BCUT2D eigenvalue weighted by molar-refractivity contribution is -0.156. The SMILES string of the molecule is CC(C)CCC[C@@H](C)[C@H]1CC[C@H]2[C@@H]3CC=C4C[C@@H](OCC(C(=O)O[C@H]5C[C@H]6CC[C@@H](C5)N6C)c5ccccc5)CC[C@]4(C)[C@H]3CC[C@]12C. The van der Waals surface area contributed by atoms with E-state index in [4.69, 9.17) is 9.47 Å². The van der Waals surface area contributed by atoms with E-state index < -0.39 is 0 Å². The molecule has 7 rings (SSSR count). The summed E-state index contributed by atoms with van der Waals surface area (Å²) in [6.07, 6.45) is 21.9. The van der Waals surface area contributed by atoms with Crippen molar-refractivity contribution in [3.8, 4) is 0 Å². The average Bonchev–Trinajstić information content (AvgIpc) is 3.50. The number of nitrogens with zero attached hydrogens (tertiary/aromatic N) is 1. The summed E-state index contributed by atoms with van der Waals surface area (Å²) in [5.74, 6) is 4.73.